The van der Waals surface area contributed by atoms with Crippen LogP contribution in [0.15, 0.2) is 53.4 Å². The highest BCUT2D eigenvalue weighted by atomic mass is 32.2. The molecule has 0 spiro atoms. The summed E-state index contributed by atoms with van der Waals surface area (Å²) in [4.78, 5) is 9.95. The van der Waals surface area contributed by atoms with Gasteiger partial charge in [0.2, 0.25) is 0 Å². The van der Waals surface area contributed by atoms with E-state index in [1.54, 1.807) is 12.1 Å². The molecule has 0 unspecified atom stereocenters. The van der Waals surface area contributed by atoms with Gasteiger partial charge in [-0.05, 0) is 42.5 Å². The Balaban J connectivity index is 1.44. The first-order valence-electron chi connectivity index (χ1n) is 10.9. The van der Waals surface area contributed by atoms with Crippen molar-refractivity contribution in [3.63, 3.8) is 0 Å². The zero-order valence-corrected chi connectivity index (χ0v) is 18.3. The summed E-state index contributed by atoms with van der Waals surface area (Å²) in [6.07, 6.45) is 0. The van der Waals surface area contributed by atoms with E-state index >= 15 is 0 Å². The molecule has 1 aromatic heterocycles. The molecule has 2 fully saturated rings. The van der Waals surface area contributed by atoms with E-state index in [4.69, 9.17) is 10.7 Å². The van der Waals surface area contributed by atoms with Crippen LogP contribution < -0.4 is 15.5 Å². The summed E-state index contributed by atoms with van der Waals surface area (Å²) in [5.41, 5.74) is 10.4. The summed E-state index contributed by atoms with van der Waals surface area (Å²) in [5, 5.41) is 1.15. The van der Waals surface area contributed by atoms with E-state index in [0.29, 0.717) is 35.9 Å². The van der Waals surface area contributed by atoms with Gasteiger partial charge in [-0.15, -0.1) is 0 Å². The number of fused-ring (bicyclic) bond motifs is 3. The van der Waals surface area contributed by atoms with E-state index < -0.39 is 9.84 Å². The molecule has 3 atom stereocenters. The van der Waals surface area contributed by atoms with Crippen molar-refractivity contribution in [2.45, 2.75) is 24.4 Å². The van der Waals surface area contributed by atoms with Crippen molar-refractivity contribution in [3.05, 3.63) is 59.7 Å². The van der Waals surface area contributed by atoms with Crippen LogP contribution in [0.3, 0.4) is 0 Å². The highest BCUT2D eigenvalue weighted by molar-refractivity contribution is 7.91. The minimum Gasteiger partial charge on any atom is -0.370 e. The second-order valence-electron chi connectivity index (χ2n) is 9.18. The Labute approximate surface area is 182 Å². The number of piperidine rings is 1. The molecule has 3 aliphatic rings. The second kappa shape index (κ2) is 6.68. The fourth-order valence-electron chi connectivity index (χ4n) is 5.26. The second-order valence-corrected chi connectivity index (χ2v) is 11.3. The quantitative estimate of drug-likeness (QED) is 0.668. The Morgan fingerprint density at radius 3 is 2.61 bits per heavy atom. The maximum absolute atomic E-state index is 12.8. The first-order chi connectivity index (χ1) is 14.9. The molecule has 2 N–H and O–H groups in total. The van der Waals surface area contributed by atoms with Crippen molar-refractivity contribution in [2.24, 2.45) is 17.6 Å². The number of aromatic nitrogens is 1. The normalized spacial score (nSPS) is 26.5. The number of nitrogens with zero attached hydrogens (tertiary/aromatic N) is 3. The number of sulfone groups is 1. The molecule has 7 heteroatoms. The minimum atomic E-state index is -3.29. The molecule has 0 radical (unpaired) electrons. The SMILES string of the molecule is Cc1ccc2nc(N3CCS(=O)(=O)c4ccccc4C3)cc(N3C[C@@H]4[C@H](N)[C@@H]4C3)c2c1. The van der Waals surface area contributed by atoms with Gasteiger partial charge in [-0.1, -0.05) is 29.8 Å². The molecular formula is C24H26N4O2S. The first-order valence-corrected chi connectivity index (χ1v) is 12.5. The van der Waals surface area contributed by atoms with Crippen molar-refractivity contribution < 1.29 is 8.42 Å². The standard InChI is InChI=1S/C24H26N4O2S/c1-15-6-7-20-17(10-15)21(28-13-18-19(14-28)24(18)25)11-23(26-20)27-8-9-31(29,30)22-5-3-2-4-16(22)12-27/h2-7,10-11,18-19,24H,8-9,12-14,25H2,1H3/t18-,19+,24-. The Bertz CT molecular complexity index is 1290. The molecule has 0 amide bonds. The molecule has 3 aromatic rings. The van der Waals surface area contributed by atoms with Crippen molar-refractivity contribution in [1.82, 2.24) is 4.98 Å². The Kier molecular flexibility index (Phi) is 4.11. The number of rotatable bonds is 2. The minimum absolute atomic E-state index is 0.0929. The number of anilines is 2. The van der Waals surface area contributed by atoms with Gasteiger partial charge < -0.3 is 15.5 Å². The van der Waals surface area contributed by atoms with Gasteiger partial charge in [-0.2, -0.15) is 0 Å². The molecule has 2 aliphatic heterocycles. The summed E-state index contributed by atoms with van der Waals surface area (Å²) in [7, 11) is -3.29. The summed E-state index contributed by atoms with van der Waals surface area (Å²) in [5.74, 6) is 2.11. The maximum atomic E-state index is 12.8. The Morgan fingerprint density at radius 1 is 1.03 bits per heavy atom. The van der Waals surface area contributed by atoms with Crippen molar-refractivity contribution in [2.75, 3.05) is 35.2 Å². The average molecular weight is 435 g/mol. The Hall–Kier alpha value is -2.64. The topological polar surface area (TPSA) is 79.5 Å². The van der Waals surface area contributed by atoms with Crippen LogP contribution in [0, 0.1) is 18.8 Å². The monoisotopic (exact) mass is 434 g/mol. The van der Waals surface area contributed by atoms with Gasteiger partial charge in [-0.3, -0.25) is 0 Å². The van der Waals surface area contributed by atoms with Gasteiger partial charge in [0.25, 0.3) is 0 Å². The predicted molar refractivity (Wildman–Crippen MR) is 123 cm³/mol. The van der Waals surface area contributed by atoms with Gasteiger partial charge in [0.05, 0.1) is 16.2 Å². The zero-order chi connectivity index (χ0) is 21.3. The number of hydrogen-bond acceptors (Lipinski definition) is 6. The van der Waals surface area contributed by atoms with E-state index in [1.807, 2.05) is 12.1 Å². The van der Waals surface area contributed by atoms with Crippen molar-refractivity contribution in [1.29, 1.82) is 0 Å². The number of nitrogens with two attached hydrogens (primary N) is 1. The molecule has 160 valence electrons. The third-order valence-corrected chi connectivity index (χ3v) is 8.94. The molecule has 3 heterocycles. The number of hydrogen-bond donors (Lipinski definition) is 1. The summed E-state index contributed by atoms with van der Waals surface area (Å²) in [6, 6.07) is 16.2. The molecule has 6 rings (SSSR count). The lowest BCUT2D eigenvalue weighted by Gasteiger charge is -2.27. The van der Waals surface area contributed by atoms with Gasteiger partial charge in [0.15, 0.2) is 9.84 Å². The van der Waals surface area contributed by atoms with E-state index in [9.17, 15) is 8.42 Å². The van der Waals surface area contributed by atoms with Gasteiger partial charge in [0.1, 0.15) is 5.82 Å². The lowest BCUT2D eigenvalue weighted by Crippen LogP contribution is -2.30. The largest absolute Gasteiger partial charge is 0.370 e. The van der Waals surface area contributed by atoms with Gasteiger partial charge in [0, 0.05) is 49.4 Å². The van der Waals surface area contributed by atoms with Crippen molar-refractivity contribution >= 4 is 32.2 Å². The van der Waals surface area contributed by atoms with Crippen LogP contribution in [0.5, 0.6) is 0 Å². The highest BCUT2D eigenvalue weighted by Crippen LogP contribution is 2.47. The maximum Gasteiger partial charge on any atom is 0.180 e. The lowest BCUT2D eigenvalue weighted by molar-refractivity contribution is 0.596. The van der Waals surface area contributed by atoms with E-state index in [1.165, 1.54) is 11.3 Å². The summed E-state index contributed by atoms with van der Waals surface area (Å²) in [6.45, 7) is 5.03. The summed E-state index contributed by atoms with van der Waals surface area (Å²) < 4.78 is 25.6. The van der Waals surface area contributed by atoms with E-state index in [-0.39, 0.29) is 5.75 Å². The zero-order valence-electron chi connectivity index (χ0n) is 17.5. The first kappa shape index (κ1) is 19.1. The molecule has 0 bridgehead atoms. The van der Waals surface area contributed by atoms with Crippen molar-refractivity contribution in [3.8, 4) is 0 Å². The van der Waals surface area contributed by atoms with Crippen LogP contribution in [-0.2, 0) is 16.4 Å². The molecule has 1 saturated heterocycles. The van der Waals surface area contributed by atoms with Crippen LogP contribution in [0.2, 0.25) is 0 Å². The molecule has 31 heavy (non-hydrogen) atoms. The fourth-order valence-corrected chi connectivity index (χ4v) is 6.76. The van der Waals surface area contributed by atoms with Crippen LogP contribution in [0.4, 0.5) is 11.5 Å². The third-order valence-electron chi connectivity index (χ3n) is 7.15. The van der Waals surface area contributed by atoms with Gasteiger partial charge in [-0.25, -0.2) is 13.4 Å². The lowest BCUT2D eigenvalue weighted by atomic mass is 10.1. The van der Waals surface area contributed by atoms with Crippen LogP contribution in [0.25, 0.3) is 10.9 Å². The summed E-state index contributed by atoms with van der Waals surface area (Å²) >= 11 is 0. The number of benzene rings is 2. The van der Waals surface area contributed by atoms with E-state index in [0.717, 1.165) is 35.4 Å². The highest BCUT2D eigenvalue weighted by Gasteiger charge is 2.53. The molecule has 1 aliphatic carbocycles. The smallest absolute Gasteiger partial charge is 0.180 e. The molecular weight excluding hydrogens is 408 g/mol. The molecule has 2 aromatic carbocycles. The van der Waals surface area contributed by atoms with Gasteiger partial charge >= 0.3 is 0 Å². The molecule has 1 saturated carbocycles. The Morgan fingerprint density at radius 2 is 1.81 bits per heavy atom. The number of aryl methyl sites for hydroxylation is 1. The predicted octanol–water partition coefficient (Wildman–Crippen LogP) is 2.73. The average Bonchev–Trinajstić information content (AvgIpc) is 3.18. The van der Waals surface area contributed by atoms with E-state index in [2.05, 4.69) is 41.0 Å². The number of pyridine rings is 1. The fraction of sp³-hybridized carbons (Fsp3) is 0.375. The van der Waals surface area contributed by atoms with Crippen LogP contribution >= 0.6 is 0 Å². The van der Waals surface area contributed by atoms with Crippen LogP contribution in [0.1, 0.15) is 11.1 Å². The van der Waals surface area contributed by atoms with Crippen LogP contribution in [-0.4, -0.2) is 44.8 Å². The third kappa shape index (κ3) is 3.10. The molecule has 6 nitrogen and oxygen atoms in total.